The van der Waals surface area contributed by atoms with Gasteiger partial charge in [-0.25, -0.2) is 0 Å². The lowest BCUT2D eigenvalue weighted by molar-refractivity contribution is 0.785. The molecule has 0 N–H and O–H groups in total. The Morgan fingerprint density at radius 2 is 0.949 bits per heavy atom. The van der Waals surface area contributed by atoms with Gasteiger partial charge in [-0.1, -0.05) is 133 Å². The highest BCUT2D eigenvalue weighted by atomic mass is 15.2. The average molecular weight is 500 g/mol. The van der Waals surface area contributed by atoms with Gasteiger partial charge in [-0.15, -0.1) is 0 Å². The van der Waals surface area contributed by atoms with Crippen LogP contribution in [-0.2, 0) is 0 Å². The molecule has 0 amide bonds. The molecule has 0 aromatic heterocycles. The zero-order valence-electron chi connectivity index (χ0n) is 21.7. The van der Waals surface area contributed by atoms with E-state index in [0.717, 1.165) is 6.42 Å². The normalized spacial score (nSPS) is 14.6. The average Bonchev–Trinajstić information content (AvgIpc) is 3.02. The Labute approximate surface area is 230 Å². The number of rotatable bonds is 5. The Hall–Kier alpha value is -4.88. The van der Waals surface area contributed by atoms with Crippen LogP contribution in [0.25, 0.3) is 43.8 Å². The zero-order chi connectivity index (χ0) is 26.0. The van der Waals surface area contributed by atoms with Crippen molar-refractivity contribution >= 4 is 32.9 Å². The molecule has 7 rings (SSSR count). The fourth-order valence-corrected chi connectivity index (χ4v) is 5.85. The van der Waals surface area contributed by atoms with Gasteiger partial charge in [0.2, 0.25) is 0 Å². The molecule has 0 aliphatic heterocycles. The summed E-state index contributed by atoms with van der Waals surface area (Å²) < 4.78 is 0. The highest BCUT2D eigenvalue weighted by molar-refractivity contribution is 5.98. The third kappa shape index (κ3) is 4.43. The molecule has 0 saturated heterocycles. The molecule has 6 aromatic carbocycles. The van der Waals surface area contributed by atoms with Crippen LogP contribution in [0.5, 0.6) is 0 Å². The van der Waals surface area contributed by atoms with Gasteiger partial charge >= 0.3 is 0 Å². The van der Waals surface area contributed by atoms with Gasteiger partial charge in [0.05, 0.1) is 6.04 Å². The zero-order valence-corrected chi connectivity index (χ0v) is 21.7. The smallest absolute Gasteiger partial charge is 0.0559 e. The van der Waals surface area contributed by atoms with E-state index in [1.165, 1.54) is 55.2 Å². The van der Waals surface area contributed by atoms with Crippen LogP contribution in [0.3, 0.4) is 0 Å². The molecule has 186 valence electrons. The van der Waals surface area contributed by atoms with Crippen LogP contribution in [0.2, 0.25) is 0 Å². The van der Waals surface area contributed by atoms with Crippen LogP contribution in [-0.4, -0.2) is 6.04 Å². The maximum absolute atomic E-state index is 2.46. The fraction of sp³-hybridized carbons (Fsp3) is 0.0526. The Morgan fingerprint density at radius 3 is 1.44 bits per heavy atom. The summed E-state index contributed by atoms with van der Waals surface area (Å²) in [4.78, 5) is 2.46. The molecule has 39 heavy (non-hydrogen) atoms. The van der Waals surface area contributed by atoms with E-state index in [4.69, 9.17) is 0 Å². The first kappa shape index (κ1) is 23.3. The van der Waals surface area contributed by atoms with E-state index in [1.54, 1.807) is 0 Å². The second-order valence-corrected chi connectivity index (χ2v) is 10.1. The number of allylic oxidation sites excluding steroid dienone is 2. The van der Waals surface area contributed by atoms with Gasteiger partial charge in [0, 0.05) is 11.4 Å². The standard InChI is InChI=1S/C38H29N/c1-2-14-32(15-3-1)39(33-24-20-30(21-25-33)37-18-8-12-28-10-4-6-16-35(28)37)34-26-22-31(23-27-34)38-19-9-13-29-11-5-7-17-36(29)38/h1-14,16-27,32H,15H2. The molecular formula is C38H29N. The molecule has 1 aliphatic rings. The van der Waals surface area contributed by atoms with Crippen LogP contribution in [0.15, 0.2) is 158 Å². The maximum Gasteiger partial charge on any atom is 0.0559 e. The van der Waals surface area contributed by atoms with E-state index in [2.05, 4.69) is 163 Å². The van der Waals surface area contributed by atoms with Crippen LogP contribution < -0.4 is 4.90 Å². The van der Waals surface area contributed by atoms with Gasteiger partial charge in [0.1, 0.15) is 0 Å². The third-order valence-electron chi connectivity index (χ3n) is 7.78. The molecule has 6 aromatic rings. The van der Waals surface area contributed by atoms with Gasteiger partial charge in [0.15, 0.2) is 0 Å². The maximum atomic E-state index is 2.46. The molecule has 1 heteroatoms. The van der Waals surface area contributed by atoms with Crippen molar-refractivity contribution < 1.29 is 0 Å². The topological polar surface area (TPSA) is 3.24 Å². The van der Waals surface area contributed by atoms with Gasteiger partial charge in [-0.3, -0.25) is 0 Å². The van der Waals surface area contributed by atoms with Crippen molar-refractivity contribution in [2.45, 2.75) is 12.5 Å². The first-order valence-corrected chi connectivity index (χ1v) is 13.6. The number of fused-ring (bicyclic) bond motifs is 2. The SMILES string of the molecule is C1=CCC(N(c2ccc(-c3cccc4ccccc34)cc2)c2ccc(-c3cccc4ccccc34)cc2)C=C1. The lowest BCUT2D eigenvalue weighted by atomic mass is 9.97. The minimum Gasteiger partial charge on any atom is -0.334 e. The summed E-state index contributed by atoms with van der Waals surface area (Å²) >= 11 is 0. The second-order valence-electron chi connectivity index (χ2n) is 10.1. The molecule has 0 heterocycles. The summed E-state index contributed by atoms with van der Waals surface area (Å²) in [5.41, 5.74) is 7.41. The van der Waals surface area contributed by atoms with Crippen molar-refractivity contribution in [3.05, 3.63) is 158 Å². The van der Waals surface area contributed by atoms with Crippen LogP contribution in [0, 0.1) is 0 Å². The molecule has 0 bridgehead atoms. The van der Waals surface area contributed by atoms with E-state index in [9.17, 15) is 0 Å². The van der Waals surface area contributed by atoms with E-state index in [0.29, 0.717) is 0 Å². The van der Waals surface area contributed by atoms with E-state index < -0.39 is 0 Å². The minimum absolute atomic E-state index is 0.266. The van der Waals surface area contributed by atoms with E-state index in [1.807, 2.05) is 0 Å². The van der Waals surface area contributed by atoms with Crippen molar-refractivity contribution in [1.82, 2.24) is 0 Å². The van der Waals surface area contributed by atoms with Crippen molar-refractivity contribution in [1.29, 1.82) is 0 Å². The van der Waals surface area contributed by atoms with Crippen molar-refractivity contribution in [3.8, 4) is 22.3 Å². The molecule has 1 atom stereocenters. The summed E-state index contributed by atoms with van der Waals surface area (Å²) in [6.45, 7) is 0. The molecule has 0 fully saturated rings. The van der Waals surface area contributed by atoms with Gasteiger partial charge in [0.25, 0.3) is 0 Å². The Bertz CT molecular complexity index is 1690. The monoisotopic (exact) mass is 499 g/mol. The van der Waals surface area contributed by atoms with Crippen LogP contribution >= 0.6 is 0 Å². The molecule has 0 saturated carbocycles. The number of nitrogens with zero attached hydrogens (tertiary/aromatic N) is 1. The van der Waals surface area contributed by atoms with Crippen molar-refractivity contribution in [2.75, 3.05) is 4.90 Å². The van der Waals surface area contributed by atoms with Gasteiger partial charge < -0.3 is 4.90 Å². The van der Waals surface area contributed by atoms with Gasteiger partial charge in [-0.05, 0) is 74.5 Å². The summed E-state index contributed by atoms with van der Waals surface area (Å²) in [6.07, 6.45) is 9.84. The Kier molecular flexibility index (Phi) is 6.03. The largest absolute Gasteiger partial charge is 0.334 e. The number of anilines is 2. The summed E-state index contributed by atoms with van der Waals surface area (Å²) in [7, 11) is 0. The minimum atomic E-state index is 0.266. The summed E-state index contributed by atoms with van der Waals surface area (Å²) in [6, 6.07) is 48.7. The van der Waals surface area contributed by atoms with Gasteiger partial charge in [-0.2, -0.15) is 0 Å². The Morgan fingerprint density at radius 1 is 0.462 bits per heavy atom. The fourth-order valence-electron chi connectivity index (χ4n) is 5.85. The Balaban J connectivity index is 1.26. The first-order chi connectivity index (χ1) is 19.3. The molecule has 0 spiro atoms. The molecule has 1 nitrogen and oxygen atoms in total. The molecule has 0 radical (unpaired) electrons. The highest BCUT2D eigenvalue weighted by Gasteiger charge is 2.19. The quantitative estimate of drug-likeness (QED) is 0.228. The van der Waals surface area contributed by atoms with Crippen LogP contribution in [0.1, 0.15) is 6.42 Å². The van der Waals surface area contributed by atoms with E-state index >= 15 is 0 Å². The number of benzene rings is 6. The van der Waals surface area contributed by atoms with E-state index in [-0.39, 0.29) is 6.04 Å². The van der Waals surface area contributed by atoms with Crippen molar-refractivity contribution in [2.24, 2.45) is 0 Å². The first-order valence-electron chi connectivity index (χ1n) is 13.6. The summed E-state index contributed by atoms with van der Waals surface area (Å²) in [5, 5.41) is 5.11. The van der Waals surface area contributed by atoms with Crippen molar-refractivity contribution in [3.63, 3.8) is 0 Å². The third-order valence-corrected chi connectivity index (χ3v) is 7.78. The summed E-state index contributed by atoms with van der Waals surface area (Å²) in [5.74, 6) is 0. The number of hydrogen-bond donors (Lipinski definition) is 0. The molecule has 1 aliphatic carbocycles. The lowest BCUT2D eigenvalue weighted by Gasteiger charge is -2.33. The molecular weight excluding hydrogens is 470 g/mol. The second kappa shape index (κ2) is 10.1. The lowest BCUT2D eigenvalue weighted by Crippen LogP contribution is -2.29. The van der Waals surface area contributed by atoms with Crippen LogP contribution in [0.4, 0.5) is 11.4 Å². The number of hydrogen-bond acceptors (Lipinski definition) is 1. The predicted molar refractivity (Wildman–Crippen MR) is 168 cm³/mol. The molecule has 1 unspecified atom stereocenters. The predicted octanol–water partition coefficient (Wildman–Crippen LogP) is 10.3. The highest BCUT2D eigenvalue weighted by Crippen LogP contribution is 2.36.